The van der Waals surface area contributed by atoms with Crippen LogP contribution in [0.1, 0.15) is 42.2 Å². The molecule has 2 aromatic carbocycles. The SMILES string of the molecule is CC(C)C1=CC(c2ccccc2)N(CC(=O)c2ccccc2)CC1. The van der Waals surface area contributed by atoms with Crippen LogP contribution >= 0.6 is 0 Å². The third kappa shape index (κ3) is 3.82. The van der Waals surface area contributed by atoms with Crippen molar-refractivity contribution in [2.45, 2.75) is 26.3 Å². The van der Waals surface area contributed by atoms with Gasteiger partial charge in [0.25, 0.3) is 0 Å². The highest BCUT2D eigenvalue weighted by Gasteiger charge is 2.26. The molecule has 0 saturated carbocycles. The van der Waals surface area contributed by atoms with Crippen molar-refractivity contribution in [3.63, 3.8) is 0 Å². The number of Topliss-reactive ketones (excluding diaryl/α,β-unsaturated/α-hetero) is 1. The summed E-state index contributed by atoms with van der Waals surface area (Å²) >= 11 is 0. The lowest BCUT2D eigenvalue weighted by Crippen LogP contribution is -2.37. The minimum Gasteiger partial charge on any atom is -0.293 e. The molecule has 2 aromatic rings. The Balaban J connectivity index is 1.84. The third-order valence-electron chi connectivity index (χ3n) is 4.78. The lowest BCUT2D eigenvalue weighted by molar-refractivity contribution is 0.0903. The van der Waals surface area contributed by atoms with E-state index < -0.39 is 0 Å². The standard InChI is InChI=1S/C22H25NO/c1-17(2)20-13-14-23(16-22(24)19-11-7-4-8-12-19)21(15-20)18-9-5-3-6-10-18/h3-12,15,17,21H,13-14,16H2,1-2H3. The van der Waals surface area contributed by atoms with E-state index in [2.05, 4.69) is 49.1 Å². The Labute approximate surface area is 144 Å². The monoisotopic (exact) mass is 319 g/mol. The minimum absolute atomic E-state index is 0.185. The molecule has 0 amide bonds. The number of hydrogen-bond acceptors (Lipinski definition) is 2. The van der Waals surface area contributed by atoms with Crippen molar-refractivity contribution in [2.24, 2.45) is 5.92 Å². The number of rotatable bonds is 5. The van der Waals surface area contributed by atoms with Crippen molar-refractivity contribution >= 4 is 5.78 Å². The predicted molar refractivity (Wildman–Crippen MR) is 99.1 cm³/mol. The van der Waals surface area contributed by atoms with Gasteiger partial charge >= 0.3 is 0 Å². The largest absolute Gasteiger partial charge is 0.293 e. The van der Waals surface area contributed by atoms with Gasteiger partial charge in [-0.1, -0.05) is 86.2 Å². The predicted octanol–water partition coefficient (Wildman–Crippen LogP) is 4.90. The summed E-state index contributed by atoms with van der Waals surface area (Å²) in [6.45, 7) is 5.89. The molecule has 0 aromatic heterocycles. The van der Waals surface area contributed by atoms with E-state index in [0.29, 0.717) is 12.5 Å². The first-order valence-electron chi connectivity index (χ1n) is 8.73. The molecule has 1 unspecified atom stereocenters. The van der Waals surface area contributed by atoms with Crippen LogP contribution in [0.2, 0.25) is 0 Å². The molecule has 0 spiro atoms. The first-order chi connectivity index (χ1) is 11.6. The Morgan fingerprint density at radius 3 is 2.29 bits per heavy atom. The van der Waals surface area contributed by atoms with Crippen molar-refractivity contribution in [1.29, 1.82) is 0 Å². The van der Waals surface area contributed by atoms with E-state index in [4.69, 9.17) is 0 Å². The number of benzene rings is 2. The second-order valence-corrected chi connectivity index (χ2v) is 6.76. The first kappa shape index (κ1) is 16.7. The average Bonchev–Trinajstić information content (AvgIpc) is 2.63. The van der Waals surface area contributed by atoms with Gasteiger partial charge in [-0.15, -0.1) is 0 Å². The molecule has 1 atom stereocenters. The zero-order valence-corrected chi connectivity index (χ0v) is 14.5. The topological polar surface area (TPSA) is 20.3 Å². The molecule has 24 heavy (non-hydrogen) atoms. The van der Waals surface area contributed by atoms with E-state index in [1.807, 2.05) is 36.4 Å². The molecular formula is C22H25NO. The summed E-state index contributed by atoms with van der Waals surface area (Å²) in [6, 6.07) is 20.3. The van der Waals surface area contributed by atoms with Crippen LogP contribution in [-0.2, 0) is 0 Å². The second-order valence-electron chi connectivity index (χ2n) is 6.76. The van der Waals surface area contributed by atoms with Crippen molar-refractivity contribution < 1.29 is 4.79 Å². The second kappa shape index (κ2) is 7.59. The molecule has 0 N–H and O–H groups in total. The summed E-state index contributed by atoms with van der Waals surface area (Å²) in [4.78, 5) is 14.9. The molecule has 1 heterocycles. The Kier molecular flexibility index (Phi) is 5.27. The van der Waals surface area contributed by atoms with E-state index in [-0.39, 0.29) is 11.8 Å². The van der Waals surface area contributed by atoms with E-state index >= 15 is 0 Å². The van der Waals surface area contributed by atoms with Gasteiger partial charge in [-0.05, 0) is 17.9 Å². The van der Waals surface area contributed by atoms with Gasteiger partial charge in [-0.3, -0.25) is 9.69 Å². The Hall–Kier alpha value is -2.19. The van der Waals surface area contributed by atoms with Gasteiger partial charge < -0.3 is 0 Å². The summed E-state index contributed by atoms with van der Waals surface area (Å²) in [6.07, 6.45) is 3.41. The first-order valence-corrected chi connectivity index (χ1v) is 8.73. The fourth-order valence-electron chi connectivity index (χ4n) is 3.32. The lowest BCUT2D eigenvalue weighted by atomic mass is 9.90. The third-order valence-corrected chi connectivity index (χ3v) is 4.78. The van der Waals surface area contributed by atoms with E-state index in [1.54, 1.807) is 0 Å². The summed E-state index contributed by atoms with van der Waals surface area (Å²) in [5.41, 5.74) is 3.55. The molecule has 2 nitrogen and oxygen atoms in total. The molecular weight excluding hydrogens is 294 g/mol. The fourth-order valence-corrected chi connectivity index (χ4v) is 3.32. The molecule has 124 valence electrons. The zero-order chi connectivity index (χ0) is 16.9. The maximum absolute atomic E-state index is 12.6. The van der Waals surface area contributed by atoms with Crippen LogP contribution in [0.15, 0.2) is 72.3 Å². The smallest absolute Gasteiger partial charge is 0.176 e. The van der Waals surface area contributed by atoms with Crippen LogP contribution in [0, 0.1) is 5.92 Å². The van der Waals surface area contributed by atoms with Crippen LogP contribution in [0.4, 0.5) is 0 Å². The van der Waals surface area contributed by atoms with Crippen LogP contribution in [-0.4, -0.2) is 23.8 Å². The molecule has 0 saturated heterocycles. The van der Waals surface area contributed by atoms with Crippen LogP contribution in [0.25, 0.3) is 0 Å². The highest BCUT2D eigenvalue weighted by molar-refractivity contribution is 5.97. The normalized spacial score (nSPS) is 18.5. The number of carbonyl (C=O) groups excluding carboxylic acids is 1. The van der Waals surface area contributed by atoms with Gasteiger partial charge in [0.1, 0.15) is 0 Å². The van der Waals surface area contributed by atoms with Crippen LogP contribution < -0.4 is 0 Å². The van der Waals surface area contributed by atoms with Gasteiger partial charge in [0.15, 0.2) is 5.78 Å². The molecule has 0 radical (unpaired) electrons. The Bertz CT molecular complexity index is 703. The highest BCUT2D eigenvalue weighted by atomic mass is 16.1. The summed E-state index contributed by atoms with van der Waals surface area (Å²) in [5, 5.41) is 0. The minimum atomic E-state index is 0.185. The summed E-state index contributed by atoms with van der Waals surface area (Å²) in [7, 11) is 0. The van der Waals surface area contributed by atoms with Crippen molar-refractivity contribution in [1.82, 2.24) is 4.90 Å². The average molecular weight is 319 g/mol. The Morgan fingerprint density at radius 2 is 1.67 bits per heavy atom. The fraction of sp³-hybridized carbons (Fsp3) is 0.318. The van der Waals surface area contributed by atoms with Crippen LogP contribution in [0.5, 0.6) is 0 Å². The Morgan fingerprint density at radius 1 is 1.04 bits per heavy atom. The quantitative estimate of drug-likeness (QED) is 0.577. The lowest BCUT2D eigenvalue weighted by Gasteiger charge is -2.35. The van der Waals surface area contributed by atoms with E-state index in [0.717, 1.165) is 18.5 Å². The zero-order valence-electron chi connectivity index (χ0n) is 14.5. The van der Waals surface area contributed by atoms with E-state index in [9.17, 15) is 4.79 Å². The molecule has 1 aliphatic rings. The molecule has 2 heteroatoms. The van der Waals surface area contributed by atoms with Crippen LogP contribution in [0.3, 0.4) is 0 Å². The maximum Gasteiger partial charge on any atom is 0.176 e. The van der Waals surface area contributed by atoms with Crippen molar-refractivity contribution in [3.05, 3.63) is 83.4 Å². The molecule has 0 bridgehead atoms. The van der Waals surface area contributed by atoms with Crippen molar-refractivity contribution in [3.8, 4) is 0 Å². The van der Waals surface area contributed by atoms with Gasteiger partial charge in [-0.25, -0.2) is 0 Å². The van der Waals surface area contributed by atoms with E-state index in [1.165, 1.54) is 11.1 Å². The number of hydrogen-bond donors (Lipinski definition) is 0. The number of nitrogens with zero attached hydrogens (tertiary/aromatic N) is 1. The molecule has 3 rings (SSSR count). The van der Waals surface area contributed by atoms with Gasteiger partial charge in [0.05, 0.1) is 12.6 Å². The van der Waals surface area contributed by atoms with Gasteiger partial charge in [0, 0.05) is 12.1 Å². The number of ketones is 1. The van der Waals surface area contributed by atoms with Gasteiger partial charge in [-0.2, -0.15) is 0 Å². The molecule has 0 fully saturated rings. The molecule has 1 aliphatic heterocycles. The highest BCUT2D eigenvalue weighted by Crippen LogP contribution is 2.32. The van der Waals surface area contributed by atoms with Gasteiger partial charge in [0.2, 0.25) is 0 Å². The maximum atomic E-state index is 12.6. The summed E-state index contributed by atoms with van der Waals surface area (Å²) < 4.78 is 0. The summed E-state index contributed by atoms with van der Waals surface area (Å²) in [5.74, 6) is 0.751. The van der Waals surface area contributed by atoms with Crippen molar-refractivity contribution in [2.75, 3.05) is 13.1 Å². The number of carbonyl (C=O) groups is 1. The molecule has 0 aliphatic carbocycles.